The Morgan fingerprint density at radius 1 is 1.09 bits per heavy atom. The molecule has 23 heavy (non-hydrogen) atoms. The second kappa shape index (κ2) is 7.20. The van der Waals surface area contributed by atoms with Gasteiger partial charge in [0.2, 0.25) is 0 Å². The smallest absolute Gasteiger partial charge is 0.237 e. The maximum Gasteiger partial charge on any atom is 0.279 e. The van der Waals surface area contributed by atoms with Crippen molar-refractivity contribution in [3.8, 4) is 5.82 Å². The molecule has 0 bridgehead atoms. The van der Waals surface area contributed by atoms with E-state index in [1.54, 1.807) is 39.7 Å². The highest BCUT2D eigenvalue weighted by Crippen LogP contribution is 2.14. The van der Waals surface area contributed by atoms with E-state index in [-0.39, 0.29) is 6.54 Å². The lowest BCUT2D eigenvalue weighted by molar-refractivity contribution is 0.414. The fourth-order valence-corrected chi connectivity index (χ4v) is 3.97. The van der Waals surface area contributed by atoms with Crippen LogP contribution < -0.4 is 4.72 Å². The van der Waals surface area contributed by atoms with Gasteiger partial charge < -0.3 is 0 Å². The first kappa shape index (κ1) is 16.1. The molecule has 1 saturated heterocycles. The molecule has 0 aromatic carbocycles. The van der Waals surface area contributed by atoms with Crippen molar-refractivity contribution in [2.75, 3.05) is 13.1 Å². The summed E-state index contributed by atoms with van der Waals surface area (Å²) < 4.78 is 30.8. The molecule has 7 nitrogen and oxygen atoms in total. The molecule has 0 unspecified atom stereocenters. The highest BCUT2D eigenvalue weighted by molar-refractivity contribution is 7.87. The van der Waals surface area contributed by atoms with Crippen LogP contribution in [0.4, 0.5) is 0 Å². The van der Waals surface area contributed by atoms with E-state index in [9.17, 15) is 8.42 Å². The van der Waals surface area contributed by atoms with Crippen LogP contribution in [0.3, 0.4) is 0 Å². The van der Waals surface area contributed by atoms with Crippen LogP contribution in [0, 0.1) is 0 Å². The molecule has 8 heteroatoms. The average Bonchev–Trinajstić information content (AvgIpc) is 2.94. The summed E-state index contributed by atoms with van der Waals surface area (Å²) in [6.07, 6.45) is 9.16. The summed E-state index contributed by atoms with van der Waals surface area (Å²) in [4.78, 5) is 4.30. The Bertz CT molecular complexity index is 722. The first-order valence-corrected chi connectivity index (χ1v) is 9.29. The van der Waals surface area contributed by atoms with Crippen LogP contribution in [0.25, 0.3) is 5.82 Å². The number of nitrogens with one attached hydrogen (secondary N) is 1. The van der Waals surface area contributed by atoms with Crippen molar-refractivity contribution >= 4 is 10.2 Å². The van der Waals surface area contributed by atoms with Gasteiger partial charge >= 0.3 is 0 Å². The van der Waals surface area contributed by atoms with Gasteiger partial charge in [0.25, 0.3) is 10.2 Å². The van der Waals surface area contributed by atoms with Crippen molar-refractivity contribution in [2.24, 2.45) is 0 Å². The van der Waals surface area contributed by atoms with Crippen LogP contribution in [0.2, 0.25) is 0 Å². The Balaban J connectivity index is 1.73. The minimum Gasteiger partial charge on any atom is -0.237 e. The predicted octanol–water partition coefficient (Wildman–Crippen LogP) is 1.48. The van der Waals surface area contributed by atoms with E-state index in [0.29, 0.717) is 18.9 Å². The van der Waals surface area contributed by atoms with E-state index < -0.39 is 10.2 Å². The Labute approximate surface area is 136 Å². The standard InChI is InChI=1S/C15H21N5O2S/c21-23(22,19-10-3-1-2-4-11-19)18-13-14-7-5-8-16-15(14)20-12-6-9-17-20/h5-9,12,18H,1-4,10-11,13H2. The number of rotatable bonds is 5. The minimum absolute atomic E-state index is 0.196. The van der Waals surface area contributed by atoms with Crippen LogP contribution in [0.1, 0.15) is 31.2 Å². The number of pyridine rings is 1. The molecular formula is C15H21N5O2S. The van der Waals surface area contributed by atoms with Crippen LogP contribution >= 0.6 is 0 Å². The van der Waals surface area contributed by atoms with Crippen molar-refractivity contribution in [1.29, 1.82) is 0 Å². The maximum atomic E-state index is 12.5. The Kier molecular flexibility index (Phi) is 5.04. The summed E-state index contributed by atoms with van der Waals surface area (Å²) in [6, 6.07) is 5.46. The largest absolute Gasteiger partial charge is 0.279 e. The van der Waals surface area contributed by atoms with Crippen LogP contribution in [-0.2, 0) is 16.8 Å². The summed E-state index contributed by atoms with van der Waals surface area (Å²) in [5.74, 6) is 0.635. The van der Waals surface area contributed by atoms with E-state index in [4.69, 9.17) is 0 Å². The lowest BCUT2D eigenvalue weighted by Crippen LogP contribution is -2.41. The molecule has 3 rings (SSSR count). The lowest BCUT2D eigenvalue weighted by Gasteiger charge is -2.20. The minimum atomic E-state index is -3.46. The molecule has 3 heterocycles. The van der Waals surface area contributed by atoms with Crippen LogP contribution in [0.5, 0.6) is 0 Å². The van der Waals surface area contributed by atoms with Crippen molar-refractivity contribution in [3.05, 3.63) is 42.4 Å². The van der Waals surface area contributed by atoms with Crippen LogP contribution in [0.15, 0.2) is 36.8 Å². The molecular weight excluding hydrogens is 314 g/mol. The Morgan fingerprint density at radius 2 is 1.87 bits per heavy atom. The molecule has 1 N–H and O–H groups in total. The van der Waals surface area contributed by atoms with Gasteiger partial charge in [-0.1, -0.05) is 18.9 Å². The zero-order chi connectivity index (χ0) is 16.1. The quantitative estimate of drug-likeness (QED) is 0.897. The van der Waals surface area contributed by atoms with Gasteiger partial charge in [0.1, 0.15) is 0 Å². The summed E-state index contributed by atoms with van der Waals surface area (Å²) in [6.45, 7) is 1.38. The Morgan fingerprint density at radius 3 is 2.57 bits per heavy atom. The van der Waals surface area contributed by atoms with Gasteiger partial charge in [0.05, 0.1) is 0 Å². The third-order valence-electron chi connectivity index (χ3n) is 3.94. The zero-order valence-corrected chi connectivity index (χ0v) is 13.7. The molecule has 1 aliphatic heterocycles. The van der Waals surface area contributed by atoms with Gasteiger partial charge in [-0.2, -0.15) is 22.5 Å². The average molecular weight is 335 g/mol. The molecule has 0 saturated carbocycles. The Hall–Kier alpha value is -1.77. The first-order valence-electron chi connectivity index (χ1n) is 7.85. The second-order valence-corrected chi connectivity index (χ2v) is 7.33. The highest BCUT2D eigenvalue weighted by Gasteiger charge is 2.22. The van der Waals surface area contributed by atoms with Crippen LogP contribution in [-0.4, -0.2) is 40.6 Å². The lowest BCUT2D eigenvalue weighted by atomic mass is 10.2. The van der Waals surface area contributed by atoms with E-state index in [2.05, 4.69) is 14.8 Å². The van der Waals surface area contributed by atoms with Crippen molar-refractivity contribution in [2.45, 2.75) is 32.2 Å². The van der Waals surface area contributed by atoms with E-state index in [1.807, 2.05) is 6.07 Å². The fourth-order valence-electron chi connectivity index (χ4n) is 2.71. The van der Waals surface area contributed by atoms with E-state index in [0.717, 1.165) is 31.2 Å². The molecule has 0 radical (unpaired) electrons. The number of hydrogen-bond acceptors (Lipinski definition) is 4. The van der Waals surface area contributed by atoms with Gasteiger partial charge in [-0.15, -0.1) is 0 Å². The van der Waals surface area contributed by atoms with Gasteiger partial charge in [-0.05, 0) is 25.0 Å². The van der Waals surface area contributed by atoms with Gasteiger partial charge in [0.15, 0.2) is 5.82 Å². The number of hydrogen-bond donors (Lipinski definition) is 1. The van der Waals surface area contributed by atoms with Gasteiger partial charge in [0, 0.05) is 43.8 Å². The molecule has 0 amide bonds. The fraction of sp³-hybridized carbons (Fsp3) is 0.467. The molecule has 1 aliphatic rings. The zero-order valence-electron chi connectivity index (χ0n) is 12.9. The van der Waals surface area contributed by atoms with Crippen molar-refractivity contribution in [3.63, 3.8) is 0 Å². The van der Waals surface area contributed by atoms with E-state index in [1.165, 1.54) is 0 Å². The third kappa shape index (κ3) is 3.95. The normalized spacial score (nSPS) is 17.0. The molecule has 1 fully saturated rings. The van der Waals surface area contributed by atoms with Gasteiger partial charge in [-0.3, -0.25) is 0 Å². The first-order chi connectivity index (χ1) is 11.2. The summed E-state index contributed by atoms with van der Waals surface area (Å²) in [5.41, 5.74) is 0.787. The van der Waals surface area contributed by atoms with Crippen molar-refractivity contribution < 1.29 is 8.42 Å². The SMILES string of the molecule is O=S(=O)(NCc1cccnc1-n1cccn1)N1CCCCCC1. The second-order valence-electron chi connectivity index (χ2n) is 5.58. The molecule has 0 spiro atoms. The maximum absolute atomic E-state index is 12.5. The molecule has 2 aromatic heterocycles. The summed E-state index contributed by atoms with van der Waals surface area (Å²) in [7, 11) is -3.46. The summed E-state index contributed by atoms with van der Waals surface area (Å²) >= 11 is 0. The highest BCUT2D eigenvalue weighted by atomic mass is 32.2. The monoisotopic (exact) mass is 335 g/mol. The topological polar surface area (TPSA) is 80.1 Å². The number of nitrogens with zero attached hydrogens (tertiary/aromatic N) is 4. The predicted molar refractivity (Wildman–Crippen MR) is 87.2 cm³/mol. The van der Waals surface area contributed by atoms with Gasteiger partial charge in [-0.25, -0.2) is 9.67 Å². The third-order valence-corrected chi connectivity index (χ3v) is 5.49. The summed E-state index contributed by atoms with van der Waals surface area (Å²) in [5, 5.41) is 4.16. The molecule has 0 aliphatic carbocycles. The molecule has 124 valence electrons. The van der Waals surface area contributed by atoms with E-state index >= 15 is 0 Å². The number of aromatic nitrogens is 3. The molecule has 0 atom stereocenters. The molecule has 2 aromatic rings. The van der Waals surface area contributed by atoms with Crippen molar-refractivity contribution in [1.82, 2.24) is 23.8 Å².